The third-order valence-electron chi connectivity index (χ3n) is 3.89. The summed E-state index contributed by atoms with van der Waals surface area (Å²) in [5.74, 6) is -0.0716. The number of thiazole rings is 1. The standard InChI is InChI=1S/C18H18N4O3S/c1-2-21(18-20-14-8-4-6-10-16(14)26-18)17(23)11-12-19-13-7-3-5-9-15(13)22(24)25/h3-10,19H,2,11-12H2,1H3. The third kappa shape index (κ3) is 3.80. The SMILES string of the molecule is CCN(C(=O)CCNc1ccccc1[N+](=O)[O-])c1nc2ccccc2s1. The number of hydrogen-bond acceptors (Lipinski definition) is 6. The van der Waals surface area contributed by atoms with Gasteiger partial charge in [0.15, 0.2) is 5.13 Å². The molecule has 0 unspecified atom stereocenters. The molecule has 0 atom stereocenters. The van der Waals surface area contributed by atoms with E-state index in [-0.39, 0.29) is 18.0 Å². The van der Waals surface area contributed by atoms with E-state index in [1.807, 2.05) is 31.2 Å². The van der Waals surface area contributed by atoms with Crippen molar-refractivity contribution in [3.63, 3.8) is 0 Å². The van der Waals surface area contributed by atoms with Gasteiger partial charge in [-0.3, -0.25) is 19.8 Å². The van der Waals surface area contributed by atoms with Crippen LogP contribution in [0.5, 0.6) is 0 Å². The monoisotopic (exact) mass is 370 g/mol. The van der Waals surface area contributed by atoms with Crippen molar-refractivity contribution in [1.82, 2.24) is 4.98 Å². The zero-order chi connectivity index (χ0) is 18.5. The van der Waals surface area contributed by atoms with Crippen molar-refractivity contribution >= 4 is 44.0 Å². The molecule has 0 radical (unpaired) electrons. The second-order valence-corrected chi connectivity index (χ2v) is 6.56. The van der Waals surface area contributed by atoms with Crippen molar-refractivity contribution in [1.29, 1.82) is 0 Å². The van der Waals surface area contributed by atoms with Gasteiger partial charge in [0.05, 0.1) is 15.1 Å². The quantitative estimate of drug-likeness (QED) is 0.500. The van der Waals surface area contributed by atoms with Crippen molar-refractivity contribution in [2.75, 3.05) is 23.3 Å². The van der Waals surface area contributed by atoms with Gasteiger partial charge in [-0.05, 0) is 25.1 Å². The highest BCUT2D eigenvalue weighted by Gasteiger charge is 2.18. The third-order valence-corrected chi connectivity index (χ3v) is 4.95. The average Bonchev–Trinajstić information content (AvgIpc) is 3.06. The van der Waals surface area contributed by atoms with Gasteiger partial charge in [0, 0.05) is 25.6 Å². The van der Waals surface area contributed by atoms with Crippen molar-refractivity contribution < 1.29 is 9.72 Å². The van der Waals surface area contributed by atoms with Crippen LogP contribution in [-0.4, -0.2) is 28.9 Å². The molecule has 3 rings (SSSR count). The first kappa shape index (κ1) is 17.8. The lowest BCUT2D eigenvalue weighted by atomic mass is 10.2. The van der Waals surface area contributed by atoms with Crippen LogP contribution in [0.2, 0.25) is 0 Å². The maximum Gasteiger partial charge on any atom is 0.292 e. The number of anilines is 2. The van der Waals surface area contributed by atoms with E-state index < -0.39 is 4.92 Å². The molecule has 0 bridgehead atoms. The van der Waals surface area contributed by atoms with Gasteiger partial charge in [0.25, 0.3) is 5.69 Å². The van der Waals surface area contributed by atoms with Gasteiger partial charge in [-0.15, -0.1) is 0 Å². The molecular weight excluding hydrogens is 352 g/mol. The molecule has 0 spiro atoms. The summed E-state index contributed by atoms with van der Waals surface area (Å²) in [6.45, 7) is 2.73. The summed E-state index contributed by atoms with van der Waals surface area (Å²) in [4.78, 5) is 29.3. The second kappa shape index (κ2) is 7.92. The number of hydrogen-bond donors (Lipinski definition) is 1. The molecule has 0 aliphatic carbocycles. The number of rotatable bonds is 7. The van der Waals surface area contributed by atoms with Crippen molar-refractivity contribution in [3.05, 3.63) is 58.6 Å². The Bertz CT molecular complexity index is 908. The van der Waals surface area contributed by atoms with E-state index in [2.05, 4.69) is 10.3 Å². The number of carbonyl (C=O) groups is 1. The smallest absolute Gasteiger partial charge is 0.292 e. The molecular formula is C18H18N4O3S. The Morgan fingerprint density at radius 3 is 2.69 bits per heavy atom. The van der Waals surface area contributed by atoms with Gasteiger partial charge < -0.3 is 5.32 Å². The van der Waals surface area contributed by atoms with Crippen LogP contribution in [0.15, 0.2) is 48.5 Å². The van der Waals surface area contributed by atoms with E-state index in [0.29, 0.717) is 23.9 Å². The van der Waals surface area contributed by atoms with Crippen LogP contribution in [-0.2, 0) is 4.79 Å². The molecule has 1 aromatic heterocycles. The molecule has 8 heteroatoms. The highest BCUT2D eigenvalue weighted by atomic mass is 32.1. The van der Waals surface area contributed by atoms with E-state index in [1.54, 1.807) is 23.1 Å². The Hall–Kier alpha value is -3.00. The first-order valence-electron chi connectivity index (χ1n) is 8.23. The lowest BCUT2D eigenvalue weighted by Gasteiger charge is -2.17. The summed E-state index contributed by atoms with van der Waals surface area (Å²) >= 11 is 1.48. The van der Waals surface area contributed by atoms with Crippen LogP contribution in [0, 0.1) is 10.1 Å². The molecule has 26 heavy (non-hydrogen) atoms. The number of carbonyl (C=O) groups excluding carboxylic acids is 1. The summed E-state index contributed by atoms with van der Waals surface area (Å²) in [7, 11) is 0. The van der Waals surface area contributed by atoms with Gasteiger partial charge in [-0.2, -0.15) is 0 Å². The zero-order valence-corrected chi connectivity index (χ0v) is 15.0. The lowest BCUT2D eigenvalue weighted by Crippen LogP contribution is -2.31. The van der Waals surface area contributed by atoms with Crippen molar-refractivity contribution in [3.8, 4) is 0 Å². The first-order chi connectivity index (χ1) is 12.6. The largest absolute Gasteiger partial charge is 0.379 e. The Balaban J connectivity index is 1.66. The normalized spacial score (nSPS) is 10.7. The Morgan fingerprint density at radius 2 is 1.96 bits per heavy atom. The summed E-state index contributed by atoms with van der Waals surface area (Å²) < 4.78 is 1.03. The summed E-state index contributed by atoms with van der Waals surface area (Å²) in [6.07, 6.45) is 0.218. The zero-order valence-electron chi connectivity index (χ0n) is 14.2. The van der Waals surface area contributed by atoms with E-state index in [0.717, 1.165) is 10.2 Å². The maximum atomic E-state index is 12.6. The number of nitro benzene ring substituents is 1. The van der Waals surface area contributed by atoms with E-state index in [1.165, 1.54) is 17.4 Å². The molecule has 0 fully saturated rings. The molecule has 2 aromatic carbocycles. The van der Waals surface area contributed by atoms with Crippen LogP contribution in [0.25, 0.3) is 10.2 Å². The summed E-state index contributed by atoms with van der Waals surface area (Å²) in [5, 5.41) is 14.7. The number of aromatic nitrogens is 1. The van der Waals surface area contributed by atoms with Crippen LogP contribution < -0.4 is 10.2 Å². The minimum Gasteiger partial charge on any atom is -0.379 e. The number of benzene rings is 2. The number of nitrogens with one attached hydrogen (secondary N) is 1. The Morgan fingerprint density at radius 1 is 1.23 bits per heavy atom. The second-order valence-electron chi connectivity index (χ2n) is 5.55. The minimum atomic E-state index is -0.441. The van der Waals surface area contributed by atoms with Crippen molar-refractivity contribution in [2.45, 2.75) is 13.3 Å². The van der Waals surface area contributed by atoms with Gasteiger partial charge >= 0.3 is 0 Å². The molecule has 0 aliphatic heterocycles. The van der Waals surface area contributed by atoms with Gasteiger partial charge in [-0.1, -0.05) is 35.6 Å². The van der Waals surface area contributed by atoms with Crippen LogP contribution in [0.4, 0.5) is 16.5 Å². The molecule has 3 aromatic rings. The van der Waals surface area contributed by atoms with E-state index in [9.17, 15) is 14.9 Å². The highest BCUT2D eigenvalue weighted by Crippen LogP contribution is 2.29. The molecule has 1 N–H and O–H groups in total. The van der Waals surface area contributed by atoms with E-state index >= 15 is 0 Å². The highest BCUT2D eigenvalue weighted by molar-refractivity contribution is 7.22. The fraction of sp³-hybridized carbons (Fsp3) is 0.222. The van der Waals surface area contributed by atoms with Crippen LogP contribution >= 0.6 is 11.3 Å². The number of amides is 1. The lowest BCUT2D eigenvalue weighted by molar-refractivity contribution is -0.384. The summed E-state index contributed by atoms with van der Waals surface area (Å²) in [5.41, 5.74) is 1.28. The molecule has 134 valence electrons. The summed E-state index contributed by atoms with van der Waals surface area (Å²) in [6, 6.07) is 14.2. The van der Waals surface area contributed by atoms with Crippen LogP contribution in [0.1, 0.15) is 13.3 Å². The topological polar surface area (TPSA) is 88.4 Å². The fourth-order valence-electron chi connectivity index (χ4n) is 2.62. The molecule has 1 amide bonds. The number of para-hydroxylation sites is 3. The van der Waals surface area contributed by atoms with Gasteiger partial charge in [0.1, 0.15) is 5.69 Å². The maximum absolute atomic E-state index is 12.6. The Labute approximate surface area is 154 Å². The average molecular weight is 370 g/mol. The first-order valence-corrected chi connectivity index (χ1v) is 9.05. The fourth-order valence-corrected chi connectivity index (χ4v) is 3.66. The molecule has 7 nitrogen and oxygen atoms in total. The predicted molar refractivity (Wildman–Crippen MR) is 104 cm³/mol. The van der Waals surface area contributed by atoms with Crippen LogP contribution in [0.3, 0.4) is 0 Å². The Kier molecular flexibility index (Phi) is 5.43. The molecule has 0 aliphatic rings. The van der Waals surface area contributed by atoms with Gasteiger partial charge in [-0.25, -0.2) is 4.98 Å². The van der Waals surface area contributed by atoms with E-state index in [4.69, 9.17) is 0 Å². The molecule has 1 heterocycles. The van der Waals surface area contributed by atoms with Gasteiger partial charge in [0.2, 0.25) is 5.91 Å². The predicted octanol–water partition coefficient (Wildman–Crippen LogP) is 4.06. The molecule has 0 saturated carbocycles. The van der Waals surface area contributed by atoms with Crippen molar-refractivity contribution in [2.24, 2.45) is 0 Å². The number of nitro groups is 1. The molecule has 0 saturated heterocycles. The minimum absolute atomic E-state index is 0.00142. The number of fused-ring (bicyclic) bond motifs is 1. The number of nitrogens with zero attached hydrogens (tertiary/aromatic N) is 3.